The Balaban J connectivity index is 2.43. The maximum atomic E-state index is 5.16. The van der Waals surface area contributed by atoms with Gasteiger partial charge in [-0.15, -0.1) is 0 Å². The van der Waals surface area contributed by atoms with Crippen molar-refractivity contribution in [2.75, 3.05) is 6.79 Å². The fourth-order valence-corrected chi connectivity index (χ4v) is 0.678. The fraction of sp³-hybridized carbons (Fsp3) is 0.714. The van der Waals surface area contributed by atoms with E-state index in [0.29, 0.717) is 6.79 Å². The van der Waals surface area contributed by atoms with E-state index in [1.54, 1.807) is 0 Å². The standard InChI is InChI=1S/C7H12O2/c1-6-3-4-7(2)9-5-8-6/h3-4,6-7H,5H2,1-2H3/t6-,7-/m0/s1. The molecule has 0 aliphatic carbocycles. The fourth-order valence-electron chi connectivity index (χ4n) is 0.678. The van der Waals surface area contributed by atoms with Crippen LogP contribution in [0.3, 0.4) is 0 Å². The van der Waals surface area contributed by atoms with Crippen LogP contribution in [0, 0.1) is 0 Å². The highest BCUT2D eigenvalue weighted by Crippen LogP contribution is 2.03. The van der Waals surface area contributed by atoms with E-state index in [-0.39, 0.29) is 12.2 Å². The molecule has 1 aliphatic rings. The Bertz CT molecular complexity index is 97.5. The Kier molecular flexibility index (Phi) is 2.25. The van der Waals surface area contributed by atoms with Gasteiger partial charge in [0, 0.05) is 0 Å². The lowest BCUT2D eigenvalue weighted by Crippen LogP contribution is -2.07. The molecule has 2 nitrogen and oxygen atoms in total. The molecule has 52 valence electrons. The van der Waals surface area contributed by atoms with E-state index >= 15 is 0 Å². The van der Waals surface area contributed by atoms with Crippen LogP contribution in [-0.2, 0) is 9.47 Å². The number of rotatable bonds is 0. The Labute approximate surface area is 55.5 Å². The molecule has 0 spiro atoms. The summed E-state index contributed by atoms with van der Waals surface area (Å²) in [6.45, 7) is 4.41. The average Bonchev–Trinajstić information content (AvgIpc) is 1.97. The molecule has 0 aromatic rings. The Morgan fingerprint density at radius 1 is 1.11 bits per heavy atom. The Hall–Kier alpha value is -0.340. The Morgan fingerprint density at radius 2 is 1.56 bits per heavy atom. The number of ether oxygens (including phenoxy) is 2. The first-order valence-corrected chi connectivity index (χ1v) is 3.20. The average molecular weight is 128 g/mol. The molecule has 0 saturated heterocycles. The largest absolute Gasteiger partial charge is 0.348 e. The molecule has 0 aromatic heterocycles. The monoisotopic (exact) mass is 128 g/mol. The number of hydrogen-bond acceptors (Lipinski definition) is 2. The molecule has 0 fully saturated rings. The maximum Gasteiger partial charge on any atom is 0.148 e. The minimum atomic E-state index is 0.204. The van der Waals surface area contributed by atoms with Crippen LogP contribution in [0.25, 0.3) is 0 Å². The Morgan fingerprint density at radius 3 is 2.00 bits per heavy atom. The third kappa shape index (κ3) is 2.16. The summed E-state index contributed by atoms with van der Waals surface area (Å²) in [5, 5.41) is 0. The zero-order valence-corrected chi connectivity index (χ0v) is 5.83. The zero-order chi connectivity index (χ0) is 6.69. The van der Waals surface area contributed by atoms with Gasteiger partial charge in [-0.1, -0.05) is 12.2 Å². The van der Waals surface area contributed by atoms with Crippen LogP contribution in [0.4, 0.5) is 0 Å². The van der Waals surface area contributed by atoms with Gasteiger partial charge in [-0.05, 0) is 13.8 Å². The van der Waals surface area contributed by atoms with Gasteiger partial charge in [-0.3, -0.25) is 0 Å². The zero-order valence-electron chi connectivity index (χ0n) is 5.83. The summed E-state index contributed by atoms with van der Waals surface area (Å²) >= 11 is 0. The van der Waals surface area contributed by atoms with Crippen molar-refractivity contribution < 1.29 is 9.47 Å². The van der Waals surface area contributed by atoms with Gasteiger partial charge in [-0.25, -0.2) is 0 Å². The second-order valence-corrected chi connectivity index (χ2v) is 2.25. The summed E-state index contributed by atoms with van der Waals surface area (Å²) in [6, 6.07) is 0. The molecular weight excluding hydrogens is 116 g/mol. The predicted octanol–water partition coefficient (Wildman–Crippen LogP) is 1.32. The molecule has 0 saturated carbocycles. The van der Waals surface area contributed by atoms with Gasteiger partial charge in [0.05, 0.1) is 12.2 Å². The summed E-state index contributed by atoms with van der Waals surface area (Å²) in [7, 11) is 0. The van der Waals surface area contributed by atoms with Gasteiger partial charge in [-0.2, -0.15) is 0 Å². The van der Waals surface area contributed by atoms with E-state index in [1.165, 1.54) is 0 Å². The molecule has 0 amide bonds. The van der Waals surface area contributed by atoms with Crippen LogP contribution >= 0.6 is 0 Å². The predicted molar refractivity (Wildman–Crippen MR) is 35.1 cm³/mol. The highest BCUT2D eigenvalue weighted by Gasteiger charge is 2.04. The summed E-state index contributed by atoms with van der Waals surface area (Å²) < 4.78 is 10.3. The van der Waals surface area contributed by atoms with Crippen LogP contribution in [0.1, 0.15) is 13.8 Å². The highest BCUT2D eigenvalue weighted by molar-refractivity contribution is 4.92. The van der Waals surface area contributed by atoms with Crippen molar-refractivity contribution in [1.29, 1.82) is 0 Å². The van der Waals surface area contributed by atoms with Crippen LogP contribution in [-0.4, -0.2) is 19.0 Å². The first kappa shape index (κ1) is 6.78. The summed E-state index contributed by atoms with van der Waals surface area (Å²) in [6.07, 6.45) is 4.43. The summed E-state index contributed by atoms with van der Waals surface area (Å²) in [5.74, 6) is 0. The molecule has 0 N–H and O–H groups in total. The molecule has 9 heavy (non-hydrogen) atoms. The van der Waals surface area contributed by atoms with Crippen molar-refractivity contribution in [3.8, 4) is 0 Å². The van der Waals surface area contributed by atoms with Gasteiger partial charge < -0.3 is 9.47 Å². The lowest BCUT2D eigenvalue weighted by atomic mass is 10.3. The molecular formula is C7H12O2. The first-order valence-electron chi connectivity index (χ1n) is 3.20. The van der Waals surface area contributed by atoms with E-state index in [0.717, 1.165) is 0 Å². The van der Waals surface area contributed by atoms with Crippen LogP contribution in [0.15, 0.2) is 12.2 Å². The van der Waals surface area contributed by atoms with E-state index < -0.39 is 0 Å². The minimum absolute atomic E-state index is 0.204. The van der Waals surface area contributed by atoms with Gasteiger partial charge in [0.1, 0.15) is 6.79 Å². The molecule has 0 radical (unpaired) electrons. The molecule has 1 heterocycles. The van der Waals surface area contributed by atoms with Crippen molar-refractivity contribution in [2.45, 2.75) is 26.1 Å². The third-order valence-corrected chi connectivity index (χ3v) is 1.32. The quantitative estimate of drug-likeness (QED) is 0.458. The maximum absolute atomic E-state index is 5.16. The van der Waals surface area contributed by atoms with Crippen LogP contribution < -0.4 is 0 Å². The van der Waals surface area contributed by atoms with Crippen molar-refractivity contribution in [3.63, 3.8) is 0 Å². The molecule has 1 rings (SSSR count). The normalized spacial score (nSPS) is 36.2. The number of hydrogen-bond donors (Lipinski definition) is 0. The van der Waals surface area contributed by atoms with Gasteiger partial charge in [0.25, 0.3) is 0 Å². The van der Waals surface area contributed by atoms with Gasteiger partial charge in [0.2, 0.25) is 0 Å². The van der Waals surface area contributed by atoms with E-state index in [4.69, 9.17) is 9.47 Å². The lowest BCUT2D eigenvalue weighted by Gasteiger charge is -2.05. The minimum Gasteiger partial charge on any atom is -0.348 e. The molecule has 0 aromatic carbocycles. The topological polar surface area (TPSA) is 18.5 Å². The van der Waals surface area contributed by atoms with Crippen LogP contribution in [0.2, 0.25) is 0 Å². The van der Waals surface area contributed by atoms with Crippen molar-refractivity contribution in [2.24, 2.45) is 0 Å². The molecule has 2 atom stereocenters. The second-order valence-electron chi connectivity index (χ2n) is 2.25. The second kappa shape index (κ2) is 2.99. The molecule has 0 unspecified atom stereocenters. The molecule has 0 bridgehead atoms. The van der Waals surface area contributed by atoms with Crippen molar-refractivity contribution >= 4 is 0 Å². The van der Waals surface area contributed by atoms with Crippen LogP contribution in [0.5, 0.6) is 0 Å². The van der Waals surface area contributed by atoms with Gasteiger partial charge in [0.15, 0.2) is 0 Å². The molecule has 2 heteroatoms. The van der Waals surface area contributed by atoms with E-state index in [9.17, 15) is 0 Å². The highest BCUT2D eigenvalue weighted by atomic mass is 16.7. The van der Waals surface area contributed by atoms with Crippen molar-refractivity contribution in [3.05, 3.63) is 12.2 Å². The van der Waals surface area contributed by atoms with E-state index in [2.05, 4.69) is 0 Å². The lowest BCUT2D eigenvalue weighted by molar-refractivity contribution is -0.0772. The van der Waals surface area contributed by atoms with Gasteiger partial charge >= 0.3 is 0 Å². The third-order valence-electron chi connectivity index (χ3n) is 1.32. The first-order chi connectivity index (χ1) is 4.29. The summed E-state index contributed by atoms with van der Waals surface area (Å²) in [5.41, 5.74) is 0. The van der Waals surface area contributed by atoms with E-state index in [1.807, 2.05) is 26.0 Å². The van der Waals surface area contributed by atoms with Crippen molar-refractivity contribution in [1.82, 2.24) is 0 Å². The SMILES string of the molecule is C[C@H]1C=C[C@H](C)OCO1. The smallest absolute Gasteiger partial charge is 0.148 e. The summed E-state index contributed by atoms with van der Waals surface area (Å²) in [4.78, 5) is 0. The molecule has 1 aliphatic heterocycles.